The molecule has 1 N–H and O–H groups in total. The third kappa shape index (κ3) is 9.13. The quantitative estimate of drug-likeness (QED) is 0.160. The number of halogens is 1. The van der Waals surface area contributed by atoms with Crippen LogP contribution in [0.25, 0.3) is 21.6 Å². The summed E-state index contributed by atoms with van der Waals surface area (Å²) in [6, 6.07) is 10.8. The van der Waals surface area contributed by atoms with Gasteiger partial charge < -0.3 is 14.4 Å². The summed E-state index contributed by atoms with van der Waals surface area (Å²) >= 11 is 1.50. The Balaban J connectivity index is 1.26. The summed E-state index contributed by atoms with van der Waals surface area (Å²) in [6.45, 7) is 6.21. The minimum absolute atomic E-state index is 0.107. The Morgan fingerprint density at radius 1 is 1.08 bits per heavy atom. The number of amides is 2. The molecule has 4 aromatic rings. The van der Waals surface area contributed by atoms with Crippen LogP contribution < -0.4 is 14.2 Å². The molecule has 1 saturated carbocycles. The molecule has 12 nitrogen and oxygen atoms in total. The number of benzene rings is 2. The van der Waals surface area contributed by atoms with Crippen LogP contribution in [0.4, 0.5) is 4.39 Å². The lowest BCUT2D eigenvalue weighted by Gasteiger charge is -2.29. The van der Waals surface area contributed by atoms with E-state index in [0.717, 1.165) is 57.2 Å². The number of hydrogen-bond acceptors (Lipinski definition) is 10. The molecule has 2 aromatic carbocycles. The van der Waals surface area contributed by atoms with Crippen LogP contribution in [0.15, 0.2) is 60.0 Å². The minimum Gasteiger partial charge on any atom is -0.496 e. The molecule has 60 heavy (non-hydrogen) atoms. The number of fused-ring (bicyclic) bond motifs is 3. The number of Topliss-reactive ketones (excluding diaryl/α,β-unsaturated/α-hetero) is 1. The molecule has 4 heterocycles. The van der Waals surface area contributed by atoms with Crippen molar-refractivity contribution in [2.24, 2.45) is 17.3 Å². The molecule has 0 unspecified atom stereocenters. The first-order valence-electron chi connectivity index (χ1n) is 20.7. The van der Waals surface area contributed by atoms with Gasteiger partial charge in [0.2, 0.25) is 11.8 Å². The second-order valence-corrected chi connectivity index (χ2v) is 19.7. The maximum Gasteiger partial charge on any atom is 0.303 e. The first kappa shape index (κ1) is 43.4. The summed E-state index contributed by atoms with van der Waals surface area (Å²) in [5, 5.41) is 3.49. The van der Waals surface area contributed by atoms with Crippen LogP contribution in [0.3, 0.4) is 0 Å². The highest BCUT2D eigenvalue weighted by molar-refractivity contribution is 7.87. The van der Waals surface area contributed by atoms with Gasteiger partial charge in [0.05, 0.1) is 36.3 Å². The Hall–Kier alpha value is -4.73. The van der Waals surface area contributed by atoms with Crippen LogP contribution in [-0.2, 0) is 31.0 Å². The molecule has 2 amide bonds. The van der Waals surface area contributed by atoms with Crippen molar-refractivity contribution in [1.82, 2.24) is 23.9 Å². The highest BCUT2D eigenvalue weighted by Crippen LogP contribution is 2.57. The lowest BCUT2D eigenvalue weighted by atomic mass is 9.90. The lowest BCUT2D eigenvalue weighted by Crippen LogP contribution is -2.47. The number of aryl methyl sites for hydroxylation is 1. The Morgan fingerprint density at radius 2 is 1.85 bits per heavy atom. The van der Waals surface area contributed by atoms with Gasteiger partial charge in [0.1, 0.15) is 34.1 Å². The molecular formula is C45H54FN5O7S2. The molecule has 2 aliphatic heterocycles. The molecule has 1 saturated heterocycles. The van der Waals surface area contributed by atoms with E-state index >= 15 is 0 Å². The average molecular weight is 860 g/mol. The topological polar surface area (TPSA) is 148 Å². The number of nitrogens with one attached hydrogen (secondary N) is 1. The third-order valence-electron chi connectivity index (χ3n) is 12.2. The summed E-state index contributed by atoms with van der Waals surface area (Å²) in [7, 11) is 0.138. The van der Waals surface area contributed by atoms with E-state index in [1.807, 2.05) is 42.7 Å². The molecular weight excluding hydrogens is 806 g/mol. The van der Waals surface area contributed by atoms with E-state index in [0.29, 0.717) is 42.0 Å². The summed E-state index contributed by atoms with van der Waals surface area (Å²) in [6.07, 6.45) is 7.74. The van der Waals surface area contributed by atoms with Crippen molar-refractivity contribution in [3.05, 3.63) is 82.6 Å². The lowest BCUT2D eigenvalue weighted by molar-refractivity contribution is -0.142. The number of pyridine rings is 1. The van der Waals surface area contributed by atoms with Crippen molar-refractivity contribution >= 4 is 50.0 Å². The van der Waals surface area contributed by atoms with E-state index < -0.39 is 39.6 Å². The average Bonchev–Trinajstić information content (AvgIpc) is 3.49. The van der Waals surface area contributed by atoms with Crippen LogP contribution in [0.1, 0.15) is 88.0 Å². The minimum atomic E-state index is -4.13. The highest BCUT2D eigenvalue weighted by Gasteiger charge is 2.61. The van der Waals surface area contributed by atoms with Gasteiger partial charge in [0.15, 0.2) is 5.78 Å². The molecule has 0 bridgehead atoms. The van der Waals surface area contributed by atoms with E-state index in [1.165, 1.54) is 37.6 Å². The Morgan fingerprint density at radius 3 is 2.55 bits per heavy atom. The summed E-state index contributed by atoms with van der Waals surface area (Å²) < 4.78 is 55.3. The Bertz CT molecular complexity index is 2400. The molecule has 2 fully saturated rings. The number of aromatic nitrogens is 2. The molecule has 2 aromatic heterocycles. The number of nitrogens with zero attached hydrogens (tertiary/aromatic N) is 4. The van der Waals surface area contributed by atoms with Gasteiger partial charge in [-0.3, -0.25) is 14.4 Å². The fourth-order valence-corrected chi connectivity index (χ4v) is 10.1. The van der Waals surface area contributed by atoms with E-state index in [9.17, 15) is 27.2 Å². The zero-order valence-corrected chi connectivity index (χ0v) is 36.7. The van der Waals surface area contributed by atoms with Crippen molar-refractivity contribution in [3.8, 4) is 22.2 Å². The number of thiazole rings is 1. The fraction of sp³-hybridized carbons (Fsp3) is 0.489. The predicted molar refractivity (Wildman–Crippen MR) is 229 cm³/mol. The number of allylic oxidation sites excluding steroid dienone is 2. The summed E-state index contributed by atoms with van der Waals surface area (Å²) in [5.74, 6) is -1.05. The van der Waals surface area contributed by atoms with E-state index in [-0.39, 0.29) is 48.7 Å². The second kappa shape index (κ2) is 17.7. The zero-order chi connectivity index (χ0) is 42.9. The normalized spacial score (nSPS) is 24.4. The molecule has 3 aliphatic rings. The first-order chi connectivity index (χ1) is 28.6. The van der Waals surface area contributed by atoms with Crippen molar-refractivity contribution in [3.63, 3.8) is 0 Å². The molecule has 5 atom stereocenters. The van der Waals surface area contributed by atoms with Crippen LogP contribution in [0, 0.1) is 30.0 Å². The number of rotatable bonds is 10. The largest absolute Gasteiger partial charge is 0.496 e. The van der Waals surface area contributed by atoms with Gasteiger partial charge in [-0.2, -0.15) is 12.7 Å². The van der Waals surface area contributed by atoms with Crippen molar-refractivity contribution in [2.75, 3.05) is 27.7 Å². The van der Waals surface area contributed by atoms with Crippen molar-refractivity contribution < 1.29 is 36.7 Å². The maximum atomic E-state index is 14.9. The van der Waals surface area contributed by atoms with Gasteiger partial charge >= 0.3 is 10.2 Å². The fourth-order valence-electron chi connectivity index (χ4n) is 8.50. The number of carbonyl (C=O) groups excluding carboxylic acids is 3. The number of methoxy groups -OCH3 is 1. The van der Waals surface area contributed by atoms with Gasteiger partial charge in [0, 0.05) is 55.3 Å². The van der Waals surface area contributed by atoms with Crippen LogP contribution >= 0.6 is 11.3 Å². The molecule has 320 valence electrons. The first-order valence-corrected chi connectivity index (χ1v) is 23.0. The van der Waals surface area contributed by atoms with Crippen molar-refractivity contribution in [2.45, 2.75) is 96.6 Å². The number of carbonyl (C=O) groups is 3. The van der Waals surface area contributed by atoms with Crippen LogP contribution in [0.5, 0.6) is 11.5 Å². The number of ether oxygens (including phenoxy) is 2. The van der Waals surface area contributed by atoms with Gasteiger partial charge in [-0.1, -0.05) is 51.0 Å². The monoisotopic (exact) mass is 859 g/mol. The van der Waals surface area contributed by atoms with Gasteiger partial charge in [0.25, 0.3) is 0 Å². The Kier molecular flexibility index (Phi) is 12.8. The molecule has 1 aliphatic carbocycles. The van der Waals surface area contributed by atoms with Crippen LogP contribution in [0.2, 0.25) is 0 Å². The third-order valence-corrected chi connectivity index (χ3v) is 14.5. The summed E-state index contributed by atoms with van der Waals surface area (Å²) in [5.41, 5.74) is 2.60. The number of hydrogen-bond donors (Lipinski definition) is 1. The van der Waals surface area contributed by atoms with Gasteiger partial charge in [-0.05, 0) is 80.7 Å². The molecule has 0 radical (unpaired) electrons. The SMILES string of the molecule is COc1ccc2c(O[C@@H]3C[C@H]4C(=O)C[C@]5(C(=O)NS(=O)(=O)N(C)C)C[C@H]5/C=C\CCCCC[C@H](Cc5ccc(F)cc5)C(=O)N4C3)cc(-c3nc(C(C)C)cs3)nc2c1C. The highest BCUT2D eigenvalue weighted by atomic mass is 32.2. The van der Waals surface area contributed by atoms with Gasteiger partial charge in [-0.25, -0.2) is 19.1 Å². The van der Waals surface area contributed by atoms with E-state index in [1.54, 1.807) is 24.1 Å². The van der Waals surface area contributed by atoms with Gasteiger partial charge in [-0.15, -0.1) is 11.3 Å². The molecule has 7 rings (SSSR count). The smallest absolute Gasteiger partial charge is 0.303 e. The van der Waals surface area contributed by atoms with E-state index in [4.69, 9.17) is 19.4 Å². The predicted octanol–water partition coefficient (Wildman–Crippen LogP) is 7.55. The van der Waals surface area contributed by atoms with Crippen molar-refractivity contribution in [1.29, 1.82) is 0 Å². The summed E-state index contributed by atoms with van der Waals surface area (Å²) in [4.78, 5) is 55.1. The Labute approximate surface area is 355 Å². The molecule has 0 spiro atoms. The zero-order valence-electron chi connectivity index (χ0n) is 35.1. The standard InChI is InChI=1S/C45H54FN5O7S2/c1-27(2)36-26-59-42(48-36)35-22-40(34-18-19-39(57-6)28(3)41(34)47-35)58-33-21-37-38(52)24-45(44(54)49-60(55,56)50(4)5)23-31(45)13-11-9-7-8-10-12-30(43(53)51(37)25-33)20-29-14-16-32(46)17-15-29/h11,13-19,22,26-27,30-31,33,37H,7-10,12,20-21,23-25H2,1-6H3,(H,49,54)/b13-11-/t30-,31-,33-,37+,45-/m1/s1. The second-order valence-electron chi connectivity index (χ2n) is 16.9. The maximum absolute atomic E-state index is 14.9. The van der Waals surface area contributed by atoms with Crippen LogP contribution in [-0.4, -0.2) is 85.1 Å². The molecule has 15 heteroatoms. The van der Waals surface area contributed by atoms with E-state index in [2.05, 4.69) is 18.6 Å². The number of ketones is 1.